The van der Waals surface area contributed by atoms with Crippen LogP contribution in [0, 0.1) is 0 Å². The van der Waals surface area contributed by atoms with Crippen LogP contribution in [0.2, 0.25) is 0 Å². The zero-order valence-electron chi connectivity index (χ0n) is 7.03. The summed E-state index contributed by atoms with van der Waals surface area (Å²) in [6.07, 6.45) is 0.595. The highest BCUT2D eigenvalue weighted by molar-refractivity contribution is 5.95. The predicted octanol–water partition coefficient (Wildman–Crippen LogP) is -1.53. The van der Waals surface area contributed by atoms with E-state index >= 15 is 0 Å². The first kappa shape index (κ1) is 10.3. The maximum Gasteiger partial charge on any atom is 0.243 e. The van der Waals surface area contributed by atoms with Gasteiger partial charge in [0, 0.05) is 12.6 Å². The van der Waals surface area contributed by atoms with Gasteiger partial charge < -0.3 is 16.0 Å². The van der Waals surface area contributed by atoms with Crippen LogP contribution in [0.4, 0.5) is 0 Å². The molecule has 2 fully saturated rings. The summed E-state index contributed by atoms with van der Waals surface area (Å²) in [5.41, 5.74) is 5.64. The van der Waals surface area contributed by atoms with Gasteiger partial charge >= 0.3 is 0 Å². The van der Waals surface area contributed by atoms with Gasteiger partial charge in [-0.3, -0.25) is 9.59 Å². The van der Waals surface area contributed by atoms with Crippen LogP contribution in [0.1, 0.15) is 6.42 Å². The standard InChI is InChI=1S/C7H11N3O2.ClH/c8-4-1-5-7(12)9-2-6(11)10(5)3-4;/h4-5H,1-3,8H2,(H,9,12);1H/t4-,5+;/m1./s1. The summed E-state index contributed by atoms with van der Waals surface area (Å²) in [6, 6.07) is -0.343. The minimum atomic E-state index is -0.304. The molecule has 74 valence electrons. The van der Waals surface area contributed by atoms with E-state index in [1.807, 2.05) is 0 Å². The van der Waals surface area contributed by atoms with Crippen molar-refractivity contribution in [2.75, 3.05) is 13.1 Å². The molecule has 0 aromatic rings. The molecule has 2 rings (SSSR count). The molecule has 0 saturated carbocycles. The van der Waals surface area contributed by atoms with Gasteiger partial charge in [0.25, 0.3) is 0 Å². The molecular formula is C7H12ClN3O2. The molecule has 2 heterocycles. The fourth-order valence-electron chi connectivity index (χ4n) is 1.77. The average Bonchev–Trinajstić information content (AvgIpc) is 2.41. The Morgan fingerprint density at radius 1 is 1.46 bits per heavy atom. The van der Waals surface area contributed by atoms with Gasteiger partial charge in [-0.1, -0.05) is 0 Å². The van der Waals surface area contributed by atoms with Gasteiger partial charge in [0.1, 0.15) is 6.04 Å². The zero-order chi connectivity index (χ0) is 8.72. The Hall–Kier alpha value is -0.810. The van der Waals surface area contributed by atoms with E-state index < -0.39 is 0 Å². The van der Waals surface area contributed by atoms with Crippen molar-refractivity contribution < 1.29 is 9.59 Å². The van der Waals surface area contributed by atoms with Gasteiger partial charge in [-0.25, -0.2) is 0 Å². The number of fused-ring (bicyclic) bond motifs is 1. The molecule has 2 aliphatic heterocycles. The molecule has 0 radical (unpaired) electrons. The van der Waals surface area contributed by atoms with Crippen molar-refractivity contribution in [2.45, 2.75) is 18.5 Å². The Balaban J connectivity index is 0.000000845. The summed E-state index contributed by atoms with van der Waals surface area (Å²) in [5.74, 6) is -0.0879. The Labute approximate surface area is 82.0 Å². The second-order valence-electron chi connectivity index (χ2n) is 3.28. The largest absolute Gasteiger partial charge is 0.345 e. The normalized spacial score (nSPS) is 32.2. The minimum absolute atomic E-state index is 0. The zero-order valence-corrected chi connectivity index (χ0v) is 7.84. The highest BCUT2D eigenvalue weighted by Gasteiger charge is 2.40. The Morgan fingerprint density at radius 3 is 2.77 bits per heavy atom. The number of hydrogen-bond donors (Lipinski definition) is 2. The van der Waals surface area contributed by atoms with Crippen molar-refractivity contribution in [2.24, 2.45) is 5.73 Å². The van der Waals surface area contributed by atoms with E-state index in [-0.39, 0.29) is 42.8 Å². The lowest BCUT2D eigenvalue weighted by atomic mass is 10.1. The molecule has 3 N–H and O–H groups in total. The number of nitrogens with zero attached hydrogens (tertiary/aromatic N) is 1. The fraction of sp³-hybridized carbons (Fsp3) is 0.714. The smallest absolute Gasteiger partial charge is 0.243 e. The third-order valence-corrected chi connectivity index (χ3v) is 2.37. The van der Waals surface area contributed by atoms with E-state index in [0.717, 1.165) is 0 Å². The molecule has 5 nitrogen and oxygen atoms in total. The van der Waals surface area contributed by atoms with Gasteiger partial charge in [-0.2, -0.15) is 0 Å². The monoisotopic (exact) mass is 205 g/mol. The van der Waals surface area contributed by atoms with Crippen molar-refractivity contribution in [3.63, 3.8) is 0 Å². The van der Waals surface area contributed by atoms with Crippen molar-refractivity contribution >= 4 is 24.2 Å². The van der Waals surface area contributed by atoms with E-state index in [2.05, 4.69) is 5.32 Å². The summed E-state index contributed by atoms with van der Waals surface area (Å²) in [5, 5.41) is 2.54. The Kier molecular flexibility index (Phi) is 2.77. The van der Waals surface area contributed by atoms with Gasteiger partial charge in [0.05, 0.1) is 6.54 Å². The number of piperazine rings is 1. The highest BCUT2D eigenvalue weighted by atomic mass is 35.5. The van der Waals surface area contributed by atoms with Crippen LogP contribution in [0.25, 0.3) is 0 Å². The van der Waals surface area contributed by atoms with E-state index in [4.69, 9.17) is 5.73 Å². The quantitative estimate of drug-likeness (QED) is 0.504. The van der Waals surface area contributed by atoms with Crippen molar-refractivity contribution in [3.05, 3.63) is 0 Å². The van der Waals surface area contributed by atoms with Crippen LogP contribution in [-0.4, -0.2) is 41.9 Å². The molecule has 0 aromatic heterocycles. The number of nitrogens with one attached hydrogen (secondary N) is 1. The summed E-state index contributed by atoms with van der Waals surface area (Å²) in [4.78, 5) is 24.0. The molecule has 0 spiro atoms. The molecule has 0 unspecified atom stereocenters. The molecule has 2 atom stereocenters. The summed E-state index contributed by atoms with van der Waals surface area (Å²) in [7, 11) is 0. The fourth-order valence-corrected chi connectivity index (χ4v) is 1.77. The minimum Gasteiger partial charge on any atom is -0.345 e. The number of nitrogens with two attached hydrogens (primary N) is 1. The second-order valence-corrected chi connectivity index (χ2v) is 3.28. The topological polar surface area (TPSA) is 75.4 Å². The summed E-state index contributed by atoms with van der Waals surface area (Å²) in [6.45, 7) is 0.652. The maximum absolute atomic E-state index is 11.2. The van der Waals surface area contributed by atoms with Crippen molar-refractivity contribution in [1.82, 2.24) is 10.2 Å². The molecule has 2 amide bonds. The average molecular weight is 206 g/mol. The third kappa shape index (κ3) is 1.62. The summed E-state index contributed by atoms with van der Waals surface area (Å²) < 4.78 is 0. The number of hydrogen-bond acceptors (Lipinski definition) is 3. The SMILES string of the molecule is Cl.N[C@@H]1C[C@H]2C(=O)NCC(=O)N2C1. The first-order valence-electron chi connectivity index (χ1n) is 4.01. The lowest BCUT2D eigenvalue weighted by Gasteiger charge is -2.28. The molecule has 13 heavy (non-hydrogen) atoms. The van der Waals surface area contributed by atoms with Crippen LogP contribution in [0.5, 0.6) is 0 Å². The molecule has 0 bridgehead atoms. The molecule has 0 aliphatic carbocycles. The highest BCUT2D eigenvalue weighted by Crippen LogP contribution is 2.18. The Morgan fingerprint density at radius 2 is 2.15 bits per heavy atom. The van der Waals surface area contributed by atoms with Gasteiger partial charge in [-0.05, 0) is 6.42 Å². The van der Waals surface area contributed by atoms with Crippen molar-refractivity contribution in [3.8, 4) is 0 Å². The van der Waals surface area contributed by atoms with E-state index in [9.17, 15) is 9.59 Å². The predicted molar refractivity (Wildman–Crippen MR) is 48.4 cm³/mol. The number of carbonyl (C=O) groups excluding carboxylic acids is 2. The molecule has 2 aliphatic rings. The number of rotatable bonds is 0. The van der Waals surface area contributed by atoms with Gasteiger partial charge in [-0.15, -0.1) is 12.4 Å². The molecule has 2 saturated heterocycles. The van der Waals surface area contributed by atoms with Crippen molar-refractivity contribution in [1.29, 1.82) is 0 Å². The van der Waals surface area contributed by atoms with Crippen LogP contribution < -0.4 is 11.1 Å². The van der Waals surface area contributed by atoms with Crippen LogP contribution in [0.15, 0.2) is 0 Å². The number of halogens is 1. The molecule has 0 aromatic carbocycles. The molecule has 6 heteroatoms. The van der Waals surface area contributed by atoms with Gasteiger partial charge in [0.2, 0.25) is 11.8 Å². The maximum atomic E-state index is 11.2. The summed E-state index contributed by atoms with van der Waals surface area (Å²) >= 11 is 0. The van der Waals surface area contributed by atoms with Crippen LogP contribution >= 0.6 is 12.4 Å². The number of amides is 2. The van der Waals surface area contributed by atoms with E-state index in [1.54, 1.807) is 4.90 Å². The van der Waals surface area contributed by atoms with E-state index in [0.29, 0.717) is 13.0 Å². The van der Waals surface area contributed by atoms with E-state index in [1.165, 1.54) is 0 Å². The van der Waals surface area contributed by atoms with Crippen LogP contribution in [0.3, 0.4) is 0 Å². The lowest BCUT2D eigenvalue weighted by Crippen LogP contribution is -2.55. The van der Waals surface area contributed by atoms with Gasteiger partial charge in [0.15, 0.2) is 0 Å². The second kappa shape index (κ2) is 3.51. The third-order valence-electron chi connectivity index (χ3n) is 2.37. The number of carbonyl (C=O) groups is 2. The first-order valence-corrected chi connectivity index (χ1v) is 4.01. The first-order chi connectivity index (χ1) is 5.68. The van der Waals surface area contributed by atoms with Crippen LogP contribution in [-0.2, 0) is 9.59 Å². The Bertz CT molecular complexity index is 222. The lowest BCUT2D eigenvalue weighted by molar-refractivity contribution is -0.143. The molecular weight excluding hydrogens is 194 g/mol.